The van der Waals surface area contributed by atoms with Crippen molar-refractivity contribution in [3.05, 3.63) is 53.2 Å². The van der Waals surface area contributed by atoms with E-state index in [0.29, 0.717) is 5.89 Å². The van der Waals surface area contributed by atoms with Gasteiger partial charge in [0.2, 0.25) is 5.89 Å². The van der Waals surface area contributed by atoms with Crippen LogP contribution in [0.15, 0.2) is 34.9 Å². The highest BCUT2D eigenvalue weighted by atomic mass is 16.3. The number of fused-ring (bicyclic) bond motifs is 1. The Morgan fingerprint density at radius 3 is 2.95 bits per heavy atom. The van der Waals surface area contributed by atoms with E-state index in [1.807, 2.05) is 26.0 Å². The van der Waals surface area contributed by atoms with Gasteiger partial charge in [-0.25, -0.2) is 4.98 Å². The van der Waals surface area contributed by atoms with E-state index in [1.54, 1.807) is 0 Å². The van der Waals surface area contributed by atoms with Gasteiger partial charge in [0.1, 0.15) is 6.26 Å². The predicted molar refractivity (Wildman–Crippen MR) is 83.2 cm³/mol. The van der Waals surface area contributed by atoms with Gasteiger partial charge in [0.15, 0.2) is 5.69 Å². The van der Waals surface area contributed by atoms with Crippen LogP contribution < -0.4 is 11.1 Å². The maximum absolute atomic E-state index is 12.3. The second kappa shape index (κ2) is 5.93. The number of aryl methyl sites for hydroxylation is 1. The van der Waals surface area contributed by atoms with Crippen LogP contribution in [-0.4, -0.2) is 10.9 Å². The average Bonchev–Trinajstić information content (AvgIpc) is 3.14. The molecule has 0 bridgehead atoms. The fourth-order valence-corrected chi connectivity index (χ4v) is 2.77. The third kappa shape index (κ3) is 2.76. The van der Waals surface area contributed by atoms with E-state index in [9.17, 15) is 4.79 Å². The smallest absolute Gasteiger partial charge is 0.273 e. The fraction of sp³-hybridized carbons (Fsp3) is 0.412. The van der Waals surface area contributed by atoms with E-state index in [-0.39, 0.29) is 29.6 Å². The lowest BCUT2D eigenvalue weighted by molar-refractivity contribution is 0.0931. The van der Waals surface area contributed by atoms with Crippen molar-refractivity contribution in [1.29, 1.82) is 0 Å². The summed E-state index contributed by atoms with van der Waals surface area (Å²) in [5.74, 6) is 0.399. The molecule has 0 fully saturated rings. The van der Waals surface area contributed by atoms with Crippen molar-refractivity contribution < 1.29 is 9.21 Å². The number of amides is 1. The number of carbonyl (C=O) groups excluding carboxylic acids is 1. The first-order valence-electron chi connectivity index (χ1n) is 7.66. The van der Waals surface area contributed by atoms with Gasteiger partial charge in [-0.05, 0) is 29.9 Å². The lowest BCUT2D eigenvalue weighted by Gasteiger charge is -2.13. The van der Waals surface area contributed by atoms with Gasteiger partial charge in [0, 0.05) is 0 Å². The molecule has 1 aromatic carbocycles. The zero-order valence-corrected chi connectivity index (χ0v) is 12.9. The summed E-state index contributed by atoms with van der Waals surface area (Å²) in [6.07, 6.45) is 3.29. The number of hydrogen-bond acceptors (Lipinski definition) is 4. The molecule has 0 saturated carbocycles. The minimum atomic E-state index is -0.297. The number of nitrogens with one attached hydrogen (secondary N) is 1. The zero-order chi connectivity index (χ0) is 15.7. The van der Waals surface area contributed by atoms with Crippen molar-refractivity contribution in [3.8, 4) is 0 Å². The molecule has 1 heterocycles. The highest BCUT2D eigenvalue weighted by Gasteiger charge is 2.25. The van der Waals surface area contributed by atoms with Crippen molar-refractivity contribution in [1.82, 2.24) is 10.3 Å². The molecule has 22 heavy (non-hydrogen) atoms. The quantitative estimate of drug-likeness (QED) is 0.909. The third-order valence-corrected chi connectivity index (χ3v) is 4.20. The predicted octanol–water partition coefficient (Wildman–Crippen LogP) is 2.75. The molecule has 0 radical (unpaired) electrons. The Labute approximate surface area is 129 Å². The van der Waals surface area contributed by atoms with Crippen molar-refractivity contribution in [3.63, 3.8) is 0 Å². The molecule has 116 valence electrons. The molecule has 2 unspecified atom stereocenters. The maximum Gasteiger partial charge on any atom is 0.273 e. The molecule has 5 heteroatoms. The van der Waals surface area contributed by atoms with Gasteiger partial charge in [-0.15, -0.1) is 0 Å². The summed E-state index contributed by atoms with van der Waals surface area (Å²) in [7, 11) is 0. The molecule has 0 aliphatic heterocycles. The molecule has 1 aliphatic rings. The standard InChI is InChI=1S/C17H21N3O2/c1-10(2)15(18)17-20-14(9-22-17)16(21)19-13-8-7-11-5-3-4-6-12(11)13/h3-6,9-10,13,15H,7-8,18H2,1-2H3,(H,19,21). The van der Waals surface area contributed by atoms with E-state index in [4.69, 9.17) is 10.2 Å². The van der Waals surface area contributed by atoms with Crippen LogP contribution in [0.25, 0.3) is 0 Å². The van der Waals surface area contributed by atoms with Crippen molar-refractivity contribution in [2.24, 2.45) is 11.7 Å². The molecule has 2 atom stereocenters. The zero-order valence-electron chi connectivity index (χ0n) is 12.9. The van der Waals surface area contributed by atoms with Crippen LogP contribution >= 0.6 is 0 Å². The summed E-state index contributed by atoms with van der Waals surface area (Å²) in [5.41, 5.74) is 8.77. The Balaban J connectivity index is 1.71. The normalized spacial score (nSPS) is 18.3. The minimum Gasteiger partial charge on any atom is -0.446 e. The van der Waals surface area contributed by atoms with Gasteiger partial charge in [-0.3, -0.25) is 4.79 Å². The second-order valence-electron chi connectivity index (χ2n) is 6.10. The summed E-state index contributed by atoms with van der Waals surface area (Å²) in [4.78, 5) is 16.6. The van der Waals surface area contributed by atoms with E-state index in [0.717, 1.165) is 12.8 Å². The van der Waals surface area contributed by atoms with E-state index < -0.39 is 0 Å². The SMILES string of the molecule is CC(C)C(N)c1nc(C(=O)NC2CCc3ccccc32)co1. The highest BCUT2D eigenvalue weighted by molar-refractivity contribution is 5.92. The first kappa shape index (κ1) is 14.8. The Bertz CT molecular complexity index is 678. The van der Waals surface area contributed by atoms with Crippen molar-refractivity contribution in [2.45, 2.75) is 38.8 Å². The molecular weight excluding hydrogens is 278 g/mol. The number of aromatic nitrogens is 1. The van der Waals surface area contributed by atoms with Gasteiger partial charge in [-0.1, -0.05) is 38.1 Å². The molecule has 2 aromatic rings. The van der Waals surface area contributed by atoms with Crippen LogP contribution in [0.1, 0.15) is 59.9 Å². The molecule has 1 aromatic heterocycles. The molecule has 1 amide bonds. The Hall–Kier alpha value is -2.14. The van der Waals surface area contributed by atoms with E-state index in [1.165, 1.54) is 17.4 Å². The van der Waals surface area contributed by atoms with Crippen LogP contribution in [0, 0.1) is 5.92 Å². The first-order chi connectivity index (χ1) is 10.6. The minimum absolute atomic E-state index is 0.0441. The largest absolute Gasteiger partial charge is 0.446 e. The Kier molecular flexibility index (Phi) is 3.98. The molecule has 0 spiro atoms. The van der Waals surface area contributed by atoms with Crippen LogP contribution in [0.5, 0.6) is 0 Å². The molecule has 1 aliphatic carbocycles. The first-order valence-corrected chi connectivity index (χ1v) is 7.66. The molecule has 0 saturated heterocycles. The lowest BCUT2D eigenvalue weighted by atomic mass is 10.1. The topological polar surface area (TPSA) is 81.1 Å². The number of nitrogens with zero attached hydrogens (tertiary/aromatic N) is 1. The Morgan fingerprint density at radius 2 is 2.18 bits per heavy atom. The third-order valence-electron chi connectivity index (χ3n) is 4.20. The number of benzene rings is 1. The van der Waals surface area contributed by atoms with E-state index in [2.05, 4.69) is 22.4 Å². The number of nitrogens with two attached hydrogens (primary N) is 1. The molecule has 3 rings (SSSR count). The fourth-order valence-electron chi connectivity index (χ4n) is 2.77. The van der Waals surface area contributed by atoms with Gasteiger partial charge in [-0.2, -0.15) is 0 Å². The van der Waals surface area contributed by atoms with Crippen molar-refractivity contribution >= 4 is 5.91 Å². The molecule has 5 nitrogen and oxygen atoms in total. The van der Waals surface area contributed by atoms with Crippen molar-refractivity contribution in [2.75, 3.05) is 0 Å². The van der Waals surface area contributed by atoms with Crippen LogP contribution in [-0.2, 0) is 6.42 Å². The van der Waals surface area contributed by atoms with Gasteiger partial charge < -0.3 is 15.5 Å². The van der Waals surface area contributed by atoms with Crippen LogP contribution in [0.4, 0.5) is 0 Å². The van der Waals surface area contributed by atoms with Crippen LogP contribution in [0.2, 0.25) is 0 Å². The highest BCUT2D eigenvalue weighted by Crippen LogP contribution is 2.30. The van der Waals surface area contributed by atoms with Gasteiger partial charge in [0.25, 0.3) is 5.91 Å². The number of oxazole rings is 1. The summed E-state index contributed by atoms with van der Waals surface area (Å²) in [6, 6.07) is 7.95. The van der Waals surface area contributed by atoms with Gasteiger partial charge >= 0.3 is 0 Å². The average molecular weight is 299 g/mol. The Morgan fingerprint density at radius 1 is 1.41 bits per heavy atom. The summed E-state index contributed by atoms with van der Waals surface area (Å²) in [5, 5.41) is 3.03. The molecule has 3 N–H and O–H groups in total. The summed E-state index contributed by atoms with van der Waals surface area (Å²) < 4.78 is 5.35. The lowest BCUT2D eigenvalue weighted by Crippen LogP contribution is -2.27. The summed E-state index contributed by atoms with van der Waals surface area (Å²) in [6.45, 7) is 3.98. The number of rotatable bonds is 4. The van der Waals surface area contributed by atoms with Crippen LogP contribution in [0.3, 0.4) is 0 Å². The monoisotopic (exact) mass is 299 g/mol. The maximum atomic E-state index is 12.3. The number of hydrogen-bond donors (Lipinski definition) is 2. The molecular formula is C17H21N3O2. The number of carbonyl (C=O) groups is 1. The van der Waals surface area contributed by atoms with E-state index >= 15 is 0 Å². The second-order valence-corrected chi connectivity index (χ2v) is 6.10. The van der Waals surface area contributed by atoms with Gasteiger partial charge in [0.05, 0.1) is 12.1 Å². The summed E-state index contributed by atoms with van der Waals surface area (Å²) >= 11 is 0.